The van der Waals surface area contributed by atoms with Gasteiger partial charge in [-0.05, 0) is 38.1 Å². The number of benzene rings is 2. The summed E-state index contributed by atoms with van der Waals surface area (Å²) in [5.74, 6) is -2.85. The highest BCUT2D eigenvalue weighted by atomic mass is 16.5. The average molecular weight is 462 g/mol. The molecule has 1 atom stereocenters. The van der Waals surface area contributed by atoms with Crippen molar-refractivity contribution in [1.29, 1.82) is 0 Å². The van der Waals surface area contributed by atoms with Gasteiger partial charge in [-0.3, -0.25) is 33.6 Å². The lowest BCUT2D eigenvalue weighted by molar-refractivity contribution is -0.153. The number of ether oxygens (including phenoxy) is 1. The minimum Gasteiger partial charge on any atom is -0.451 e. The predicted molar refractivity (Wildman–Crippen MR) is 122 cm³/mol. The number of esters is 1. The van der Waals surface area contributed by atoms with Gasteiger partial charge in [-0.2, -0.15) is 0 Å². The van der Waals surface area contributed by atoms with Crippen molar-refractivity contribution in [3.8, 4) is 5.69 Å². The Morgan fingerprint density at radius 3 is 2.09 bits per heavy atom. The lowest BCUT2D eigenvalue weighted by atomic mass is 10.1. The number of carbonyl (C=O) groups excluding carboxylic acids is 4. The monoisotopic (exact) mass is 462 g/mol. The molecule has 0 bridgehead atoms. The van der Waals surface area contributed by atoms with Crippen LogP contribution in [0.2, 0.25) is 0 Å². The molecule has 1 aliphatic rings. The maximum Gasteiger partial charge on any atom is 0.326 e. The number of fused-ring (bicyclic) bond motifs is 1. The molecule has 10 nitrogen and oxygen atoms in total. The van der Waals surface area contributed by atoms with E-state index in [1.54, 1.807) is 55.1 Å². The molecule has 0 saturated carbocycles. The number of nitrogens with one attached hydrogen (secondary N) is 1. The van der Waals surface area contributed by atoms with Crippen LogP contribution in [-0.4, -0.2) is 50.6 Å². The Kier molecular flexibility index (Phi) is 5.89. The zero-order chi connectivity index (χ0) is 24.6. The van der Waals surface area contributed by atoms with Crippen molar-refractivity contribution in [2.75, 3.05) is 11.9 Å². The fraction of sp³-hybridized carbons (Fsp3) is 0.208. The zero-order valence-electron chi connectivity index (χ0n) is 18.8. The Morgan fingerprint density at radius 1 is 0.941 bits per heavy atom. The van der Waals surface area contributed by atoms with Crippen LogP contribution in [0.25, 0.3) is 5.69 Å². The molecule has 174 valence electrons. The molecule has 0 saturated heterocycles. The number of para-hydroxylation sites is 1. The fourth-order valence-electron chi connectivity index (χ4n) is 3.74. The number of imide groups is 1. The van der Waals surface area contributed by atoms with E-state index in [9.17, 15) is 24.0 Å². The van der Waals surface area contributed by atoms with Crippen LogP contribution >= 0.6 is 0 Å². The maximum absolute atomic E-state index is 12.9. The number of anilines is 1. The van der Waals surface area contributed by atoms with E-state index in [0.29, 0.717) is 11.4 Å². The van der Waals surface area contributed by atoms with Gasteiger partial charge in [-0.1, -0.05) is 30.3 Å². The molecule has 10 heteroatoms. The van der Waals surface area contributed by atoms with Crippen LogP contribution in [0, 0.1) is 6.92 Å². The number of carbonyl (C=O) groups is 4. The first-order valence-corrected chi connectivity index (χ1v) is 10.5. The molecule has 2 aromatic carbocycles. The average Bonchev–Trinajstić information content (AvgIpc) is 3.19. The summed E-state index contributed by atoms with van der Waals surface area (Å²) in [5.41, 5.74) is 1.16. The molecule has 2 heterocycles. The highest BCUT2D eigenvalue weighted by Gasteiger charge is 2.37. The van der Waals surface area contributed by atoms with E-state index in [-0.39, 0.29) is 16.8 Å². The number of aromatic nitrogens is 2. The Morgan fingerprint density at radius 2 is 1.50 bits per heavy atom. The summed E-state index contributed by atoms with van der Waals surface area (Å²) in [6.07, 6.45) is -1.27. The van der Waals surface area contributed by atoms with Crippen molar-refractivity contribution in [2.45, 2.75) is 20.0 Å². The molecule has 0 aliphatic carbocycles. The van der Waals surface area contributed by atoms with Gasteiger partial charge in [0.25, 0.3) is 23.3 Å². The summed E-state index contributed by atoms with van der Waals surface area (Å²) in [6, 6.07) is 15.2. The number of amides is 3. The van der Waals surface area contributed by atoms with Gasteiger partial charge in [0, 0.05) is 7.05 Å². The van der Waals surface area contributed by atoms with Crippen LogP contribution in [-0.2, 0) is 21.4 Å². The zero-order valence-corrected chi connectivity index (χ0v) is 18.8. The Bertz CT molecular complexity index is 1340. The lowest BCUT2D eigenvalue weighted by Crippen LogP contribution is -2.39. The molecule has 3 amide bonds. The highest BCUT2D eigenvalue weighted by molar-refractivity contribution is 6.22. The van der Waals surface area contributed by atoms with Crippen molar-refractivity contribution in [2.24, 2.45) is 7.05 Å². The minimum absolute atomic E-state index is 0.0552. The maximum atomic E-state index is 12.9. The SMILES string of the molecule is Cc1c(NC(=O)[C@@H](C)OC(=O)CN2C(=O)c3ccccc3C2=O)c(=O)n(-c2ccccc2)n1C. The van der Waals surface area contributed by atoms with E-state index in [1.807, 2.05) is 6.07 Å². The lowest BCUT2D eigenvalue weighted by Gasteiger charge is -2.16. The number of hydrogen-bond donors (Lipinski definition) is 1. The Labute approximate surface area is 194 Å². The third-order valence-electron chi connectivity index (χ3n) is 5.65. The summed E-state index contributed by atoms with van der Waals surface area (Å²) in [4.78, 5) is 63.6. The topological polar surface area (TPSA) is 120 Å². The van der Waals surface area contributed by atoms with Crippen LogP contribution in [0.15, 0.2) is 59.4 Å². The standard InChI is InChI=1S/C24H22N4O6/c1-14-20(24(33)28(26(14)3)16-9-5-4-6-10-16)25-21(30)15(2)34-19(29)13-27-22(31)17-11-7-8-12-18(17)23(27)32/h4-12,15H,13H2,1-3H3,(H,25,30)/t15-/m1/s1. The Balaban J connectivity index is 1.43. The first-order chi connectivity index (χ1) is 16.2. The van der Waals surface area contributed by atoms with Gasteiger partial charge in [-0.25, -0.2) is 4.68 Å². The van der Waals surface area contributed by atoms with E-state index in [4.69, 9.17) is 4.74 Å². The van der Waals surface area contributed by atoms with E-state index in [0.717, 1.165) is 4.90 Å². The molecule has 0 radical (unpaired) electrons. The molecule has 0 unspecified atom stereocenters. The largest absolute Gasteiger partial charge is 0.451 e. The van der Waals surface area contributed by atoms with Crippen LogP contribution in [0.5, 0.6) is 0 Å². The van der Waals surface area contributed by atoms with Gasteiger partial charge in [0.15, 0.2) is 6.10 Å². The van der Waals surface area contributed by atoms with Crippen LogP contribution in [0.4, 0.5) is 5.69 Å². The first-order valence-electron chi connectivity index (χ1n) is 10.5. The van der Waals surface area contributed by atoms with E-state index in [1.165, 1.54) is 23.7 Å². The highest BCUT2D eigenvalue weighted by Crippen LogP contribution is 2.22. The number of rotatable bonds is 6. The molecule has 1 aliphatic heterocycles. The summed E-state index contributed by atoms with van der Waals surface area (Å²) in [6.45, 7) is 2.38. The van der Waals surface area contributed by atoms with Gasteiger partial charge in [0.1, 0.15) is 12.2 Å². The fourth-order valence-corrected chi connectivity index (χ4v) is 3.74. The third-order valence-corrected chi connectivity index (χ3v) is 5.65. The van der Waals surface area contributed by atoms with Gasteiger partial charge in [0.2, 0.25) is 0 Å². The second-order valence-electron chi connectivity index (χ2n) is 7.80. The number of nitrogens with zero attached hydrogens (tertiary/aromatic N) is 3. The molecular formula is C24H22N4O6. The van der Waals surface area contributed by atoms with Gasteiger partial charge in [-0.15, -0.1) is 0 Å². The van der Waals surface area contributed by atoms with E-state index < -0.39 is 41.9 Å². The summed E-state index contributed by atoms with van der Waals surface area (Å²) in [7, 11) is 1.69. The second kappa shape index (κ2) is 8.81. The van der Waals surface area contributed by atoms with E-state index >= 15 is 0 Å². The first kappa shape index (κ1) is 22.7. The van der Waals surface area contributed by atoms with Crippen LogP contribution in [0.3, 0.4) is 0 Å². The third kappa shape index (κ3) is 3.90. The van der Waals surface area contributed by atoms with Crippen molar-refractivity contribution in [3.63, 3.8) is 0 Å². The second-order valence-corrected chi connectivity index (χ2v) is 7.80. The van der Waals surface area contributed by atoms with Gasteiger partial charge in [0.05, 0.1) is 22.5 Å². The molecule has 1 N–H and O–H groups in total. The summed E-state index contributed by atoms with van der Waals surface area (Å²) < 4.78 is 8.14. The number of hydrogen-bond acceptors (Lipinski definition) is 6. The quantitative estimate of drug-likeness (QED) is 0.439. The van der Waals surface area contributed by atoms with Crippen molar-refractivity contribution in [1.82, 2.24) is 14.3 Å². The van der Waals surface area contributed by atoms with Crippen molar-refractivity contribution >= 4 is 29.4 Å². The van der Waals surface area contributed by atoms with E-state index in [2.05, 4.69) is 5.32 Å². The predicted octanol–water partition coefficient (Wildman–Crippen LogP) is 1.65. The molecule has 4 rings (SSSR count). The van der Waals surface area contributed by atoms with Gasteiger partial charge >= 0.3 is 5.97 Å². The summed E-state index contributed by atoms with van der Waals surface area (Å²) in [5, 5.41) is 2.52. The van der Waals surface area contributed by atoms with Crippen molar-refractivity contribution < 1.29 is 23.9 Å². The molecule has 3 aromatic rings. The summed E-state index contributed by atoms with van der Waals surface area (Å²) >= 11 is 0. The normalized spacial score (nSPS) is 13.6. The van der Waals surface area contributed by atoms with Crippen LogP contribution in [0.1, 0.15) is 33.3 Å². The minimum atomic E-state index is -1.27. The molecule has 0 fully saturated rings. The molecular weight excluding hydrogens is 440 g/mol. The molecule has 1 aromatic heterocycles. The Hall–Kier alpha value is -4.47. The molecule has 0 spiro atoms. The smallest absolute Gasteiger partial charge is 0.326 e. The van der Waals surface area contributed by atoms with Crippen LogP contribution < -0.4 is 10.9 Å². The van der Waals surface area contributed by atoms with Crippen molar-refractivity contribution in [3.05, 3.63) is 81.8 Å². The van der Waals surface area contributed by atoms with Gasteiger partial charge < -0.3 is 10.1 Å². The molecule has 34 heavy (non-hydrogen) atoms.